The van der Waals surface area contributed by atoms with E-state index in [4.69, 9.17) is 28.8 Å². The van der Waals surface area contributed by atoms with Gasteiger partial charge in [0, 0.05) is 90.6 Å². The third kappa shape index (κ3) is 11.8. The van der Waals surface area contributed by atoms with Crippen LogP contribution < -0.4 is 20.4 Å². The van der Waals surface area contributed by atoms with Crippen molar-refractivity contribution in [2.24, 2.45) is 0 Å². The number of nitrogens with one attached hydrogen (secondary N) is 2. The lowest BCUT2D eigenvalue weighted by Crippen LogP contribution is -2.42. The molecule has 1 atom stereocenters. The number of aliphatic hydroxyl groups excluding tert-OH is 3. The highest BCUT2D eigenvalue weighted by molar-refractivity contribution is 7.88. The van der Waals surface area contributed by atoms with Crippen molar-refractivity contribution in [2.75, 3.05) is 66.1 Å². The summed E-state index contributed by atoms with van der Waals surface area (Å²) in [6.45, 7) is 3.12. The normalized spacial score (nSPS) is 13.7. The number of hydrogen-bond acceptors (Lipinski definition) is 18. The number of aliphatic hydroxyl groups is 3. The summed E-state index contributed by atoms with van der Waals surface area (Å²) in [6, 6.07) is 34.5. The molecule has 10 rings (SSSR count). The van der Waals surface area contributed by atoms with Crippen molar-refractivity contribution in [3.8, 4) is 22.6 Å². The molecule has 5 N–H and O–H groups in total. The molecule has 0 saturated carbocycles. The number of carbonyl (C=O) groups is 1. The van der Waals surface area contributed by atoms with Crippen LogP contribution >= 0.6 is 0 Å². The number of sulfonamides is 1. The molecule has 4 aromatic heterocycles. The minimum absolute atomic E-state index is 0.0875. The van der Waals surface area contributed by atoms with Crippen molar-refractivity contribution < 1.29 is 37.4 Å². The fourth-order valence-corrected chi connectivity index (χ4v) is 9.39. The second kappa shape index (κ2) is 22.6. The van der Waals surface area contributed by atoms with Crippen molar-refractivity contribution in [1.82, 2.24) is 39.1 Å². The zero-order valence-corrected chi connectivity index (χ0v) is 40.9. The first-order valence-corrected chi connectivity index (χ1v) is 25.4. The summed E-state index contributed by atoms with van der Waals surface area (Å²) in [7, 11) is -3.39. The van der Waals surface area contributed by atoms with Gasteiger partial charge in [-0.15, -0.1) is 0 Å². The summed E-state index contributed by atoms with van der Waals surface area (Å²) < 4.78 is 36.7. The zero-order valence-electron chi connectivity index (χ0n) is 40.1. The number of carbonyl (C=O) groups excluding carboxylic acids is 1. The number of benzene rings is 4. The summed E-state index contributed by atoms with van der Waals surface area (Å²) >= 11 is 0. The van der Waals surface area contributed by atoms with Crippen molar-refractivity contribution in [3.05, 3.63) is 157 Å². The summed E-state index contributed by atoms with van der Waals surface area (Å²) in [5, 5.41) is 36.1. The number of fused-ring (bicyclic) bond motifs is 2. The van der Waals surface area contributed by atoms with Crippen LogP contribution in [0.3, 0.4) is 0 Å². The predicted octanol–water partition coefficient (Wildman–Crippen LogP) is 6.59. The number of amides is 1. The van der Waals surface area contributed by atoms with Crippen LogP contribution in [0.15, 0.2) is 143 Å². The Morgan fingerprint density at radius 3 is 1.52 bits per heavy atom. The molecule has 20 nitrogen and oxygen atoms in total. The van der Waals surface area contributed by atoms with Crippen molar-refractivity contribution in [3.63, 3.8) is 0 Å². The van der Waals surface area contributed by atoms with Gasteiger partial charge in [0.2, 0.25) is 21.9 Å². The van der Waals surface area contributed by atoms with E-state index in [0.29, 0.717) is 67.5 Å². The van der Waals surface area contributed by atoms with E-state index in [1.54, 1.807) is 17.3 Å². The molecule has 21 heteroatoms. The molecule has 4 aromatic carbocycles. The lowest BCUT2D eigenvalue weighted by atomic mass is 10.0. The average Bonchev–Trinajstić information content (AvgIpc) is 4.17. The summed E-state index contributed by atoms with van der Waals surface area (Å²) in [5.74, 6) is 2.99. The smallest absolute Gasteiger partial charge is 0.251 e. The molecule has 0 aliphatic carbocycles. The monoisotopic (exact) mass is 1010 g/mol. The van der Waals surface area contributed by atoms with Gasteiger partial charge in [-0.3, -0.25) is 4.79 Å². The summed E-state index contributed by atoms with van der Waals surface area (Å²) in [5.41, 5.74) is 8.19. The minimum atomic E-state index is -3.39. The standard InChI is InChI=1S/C27H28N6O4.C25H26N6O4S/c1-18(35)26(36)32-12-11-23-22(16-32)25(33(13-14-34)21-5-3-2-4-6-21)31-27(30-23)29-20-9-7-19(8-10-20)24-15-28-17-37-24;1-36(33,34)30-12-11-22-21(16-30)24(31(13-14-32)20-5-3-2-4-6-20)29-25(28-22)27-19-9-7-18(8-10-19)23-15-26-17-35-23/h2-10,15,17-18,34-35H,11-14,16H2,1H3,(H,29,30,31);2-10,15,17,32H,11-14,16H2,1H3,(H,27,28,29)/t18-;/m0./s1. The molecule has 0 radical (unpaired) electrons. The van der Waals surface area contributed by atoms with Gasteiger partial charge in [0.25, 0.3) is 5.91 Å². The largest absolute Gasteiger partial charge is 0.444 e. The highest BCUT2D eigenvalue weighted by atomic mass is 32.2. The number of para-hydroxylation sites is 2. The van der Waals surface area contributed by atoms with Gasteiger partial charge >= 0.3 is 0 Å². The average molecular weight is 1010 g/mol. The number of hydrogen-bond donors (Lipinski definition) is 5. The first-order chi connectivity index (χ1) is 35.4. The van der Waals surface area contributed by atoms with Gasteiger partial charge in [0.05, 0.1) is 49.8 Å². The Kier molecular flexibility index (Phi) is 15.4. The number of rotatable bonds is 16. The fraction of sp³-hybridized carbons (Fsp3) is 0.250. The van der Waals surface area contributed by atoms with Crippen LogP contribution in [0.2, 0.25) is 0 Å². The molecule has 376 valence electrons. The lowest BCUT2D eigenvalue weighted by Gasteiger charge is -2.33. The van der Waals surface area contributed by atoms with Crippen LogP contribution in [-0.2, 0) is 40.7 Å². The number of oxazole rings is 2. The molecule has 73 heavy (non-hydrogen) atoms. The van der Waals surface area contributed by atoms with Gasteiger partial charge < -0.3 is 49.5 Å². The Bertz CT molecular complexity index is 3210. The second-order valence-corrected chi connectivity index (χ2v) is 19.2. The van der Waals surface area contributed by atoms with E-state index >= 15 is 0 Å². The molecule has 0 saturated heterocycles. The van der Waals surface area contributed by atoms with Crippen LogP contribution in [0.5, 0.6) is 0 Å². The quantitative estimate of drug-likeness (QED) is 0.0684. The van der Waals surface area contributed by atoms with Crippen molar-refractivity contribution in [1.29, 1.82) is 0 Å². The van der Waals surface area contributed by atoms with Gasteiger partial charge in [-0.1, -0.05) is 36.4 Å². The number of nitrogens with zero attached hydrogens (tertiary/aromatic N) is 10. The van der Waals surface area contributed by atoms with Crippen LogP contribution in [-0.4, -0.2) is 121 Å². The van der Waals surface area contributed by atoms with E-state index < -0.39 is 16.1 Å². The van der Waals surface area contributed by atoms with Crippen molar-refractivity contribution in [2.45, 2.75) is 39.0 Å². The third-order valence-corrected chi connectivity index (χ3v) is 13.4. The van der Waals surface area contributed by atoms with E-state index in [0.717, 1.165) is 56.4 Å². The molecular weight excluding hydrogens is 953 g/mol. The molecular formula is C52H54N12O8S. The molecule has 2 aliphatic heterocycles. The first-order valence-electron chi connectivity index (χ1n) is 23.6. The van der Waals surface area contributed by atoms with E-state index in [1.165, 1.54) is 30.3 Å². The van der Waals surface area contributed by atoms with E-state index in [1.807, 2.05) is 119 Å². The third-order valence-electron chi connectivity index (χ3n) is 12.2. The molecule has 0 bridgehead atoms. The van der Waals surface area contributed by atoms with Crippen molar-refractivity contribution >= 4 is 62.2 Å². The molecule has 1 amide bonds. The van der Waals surface area contributed by atoms with E-state index in [-0.39, 0.29) is 38.8 Å². The Balaban J connectivity index is 0.000000180. The van der Waals surface area contributed by atoms with E-state index in [2.05, 4.69) is 20.6 Å². The van der Waals surface area contributed by atoms with Gasteiger partial charge in [0.1, 0.15) is 17.7 Å². The maximum atomic E-state index is 12.6. The summed E-state index contributed by atoms with van der Waals surface area (Å²) in [4.78, 5) is 45.1. The maximum absolute atomic E-state index is 12.6. The first kappa shape index (κ1) is 49.9. The topological polar surface area (TPSA) is 253 Å². The molecule has 0 fully saturated rings. The fourth-order valence-electron chi connectivity index (χ4n) is 8.60. The zero-order chi connectivity index (χ0) is 50.9. The Morgan fingerprint density at radius 1 is 0.658 bits per heavy atom. The van der Waals surface area contributed by atoms with Gasteiger partial charge in [-0.25, -0.2) is 28.4 Å². The number of aromatic nitrogens is 6. The molecule has 2 aliphatic rings. The van der Waals surface area contributed by atoms with Gasteiger partial charge in [-0.2, -0.15) is 14.3 Å². The Labute approximate surface area is 421 Å². The summed E-state index contributed by atoms with van der Waals surface area (Å²) in [6.07, 6.45) is 7.19. The van der Waals surface area contributed by atoms with Crippen LogP contribution in [0.25, 0.3) is 22.6 Å². The maximum Gasteiger partial charge on any atom is 0.251 e. The molecule has 8 aromatic rings. The van der Waals surface area contributed by atoms with Gasteiger partial charge in [-0.05, 0) is 79.7 Å². The predicted molar refractivity (Wildman–Crippen MR) is 275 cm³/mol. The number of anilines is 8. The highest BCUT2D eigenvalue weighted by Crippen LogP contribution is 2.36. The van der Waals surface area contributed by atoms with E-state index in [9.17, 15) is 28.5 Å². The van der Waals surface area contributed by atoms with Crippen LogP contribution in [0.1, 0.15) is 29.4 Å². The Morgan fingerprint density at radius 2 is 1.11 bits per heavy atom. The molecule has 0 spiro atoms. The Hall–Kier alpha value is -8.08. The SMILES string of the molecule is CS(=O)(=O)N1CCc2nc(Nc3ccc(-c4cnco4)cc3)nc(N(CCO)c3ccccc3)c2C1.C[C@H](O)C(=O)N1CCc2nc(Nc3ccc(-c4cnco4)cc3)nc(N(CCO)c3ccccc3)c2C1. The minimum Gasteiger partial charge on any atom is -0.444 e. The molecule has 6 heterocycles. The lowest BCUT2D eigenvalue weighted by molar-refractivity contribution is -0.140. The van der Waals surface area contributed by atoms with Crippen LogP contribution in [0, 0.1) is 0 Å². The van der Waals surface area contributed by atoms with Crippen LogP contribution in [0.4, 0.5) is 46.3 Å². The molecule has 0 unspecified atom stereocenters. The second-order valence-electron chi connectivity index (χ2n) is 17.2. The van der Waals surface area contributed by atoms with Gasteiger partial charge in [0.15, 0.2) is 24.3 Å². The highest BCUT2D eigenvalue weighted by Gasteiger charge is 2.31.